The fraction of sp³-hybridized carbons (Fsp3) is 0.381. The summed E-state index contributed by atoms with van der Waals surface area (Å²) < 4.78 is 63.0. The Kier molecular flexibility index (Phi) is 12.7. The Morgan fingerprint density at radius 1 is 1.00 bits per heavy atom. The first-order valence-corrected chi connectivity index (χ1v) is 19.5. The lowest BCUT2D eigenvalue weighted by atomic mass is 9.94. The van der Waals surface area contributed by atoms with Crippen LogP contribution in [0.15, 0.2) is 93.8 Å². The molecule has 2 aromatic carbocycles. The number of carbonyl (C=O) groups excluding carboxylic acids is 2. The number of β-amino-alcohol motifs (C(OH)–C–C–N with tert-alkyl or cyclic N) is 1. The van der Waals surface area contributed by atoms with Gasteiger partial charge in [0, 0.05) is 61.4 Å². The number of benzene rings is 2. The van der Waals surface area contributed by atoms with Gasteiger partial charge in [-0.1, -0.05) is 30.3 Å². The molecule has 0 aliphatic carbocycles. The molecular formula is C42H45F3N8O8. The molecular weight excluding hydrogens is 802 g/mol. The molecule has 0 saturated carbocycles. The number of pyridine rings is 1. The normalized spacial score (nSPS) is 17.3. The highest BCUT2D eigenvalue weighted by atomic mass is 19.4. The summed E-state index contributed by atoms with van der Waals surface area (Å²) in [7, 11) is 1.51. The van der Waals surface area contributed by atoms with E-state index in [-0.39, 0.29) is 62.3 Å². The summed E-state index contributed by atoms with van der Waals surface area (Å²) >= 11 is 0. The lowest BCUT2D eigenvalue weighted by Crippen LogP contribution is -2.63. The minimum absolute atomic E-state index is 0.0507. The zero-order valence-corrected chi connectivity index (χ0v) is 33.6. The van der Waals surface area contributed by atoms with Crippen LogP contribution in [-0.4, -0.2) is 117 Å². The molecule has 2 aliphatic rings. The number of carbonyl (C=O) groups is 2. The molecule has 4 N–H and O–H groups in total. The molecule has 0 spiro atoms. The van der Waals surface area contributed by atoms with Crippen molar-refractivity contribution in [3.05, 3.63) is 102 Å². The molecule has 3 aromatic heterocycles. The molecule has 1 fully saturated rings. The number of aromatic nitrogens is 4. The van der Waals surface area contributed by atoms with E-state index in [0.29, 0.717) is 46.4 Å². The fourth-order valence-corrected chi connectivity index (χ4v) is 7.33. The maximum atomic E-state index is 14.1. The van der Waals surface area contributed by atoms with Crippen molar-refractivity contribution in [2.75, 3.05) is 46.4 Å². The van der Waals surface area contributed by atoms with Gasteiger partial charge in [0.15, 0.2) is 11.5 Å². The Morgan fingerprint density at radius 2 is 1.77 bits per heavy atom. The van der Waals surface area contributed by atoms with Gasteiger partial charge >= 0.3 is 6.18 Å². The van der Waals surface area contributed by atoms with Gasteiger partial charge in [-0.15, -0.1) is 10.2 Å². The average Bonchev–Trinajstić information content (AvgIpc) is 3.95. The molecule has 7 rings (SSSR count). The zero-order chi connectivity index (χ0) is 43.3. The number of piperazine rings is 1. The van der Waals surface area contributed by atoms with Gasteiger partial charge < -0.3 is 39.2 Å². The summed E-state index contributed by atoms with van der Waals surface area (Å²) in [4.78, 5) is 39.9. The monoisotopic (exact) mass is 846 g/mol. The van der Waals surface area contributed by atoms with Gasteiger partial charge in [0.05, 0.1) is 36.8 Å². The number of amides is 2. The molecule has 5 heterocycles. The zero-order valence-electron chi connectivity index (χ0n) is 33.6. The number of hydrogen-bond acceptors (Lipinski definition) is 14. The number of para-hydroxylation sites is 1. The number of halogens is 3. The highest BCUT2D eigenvalue weighted by Gasteiger charge is 2.43. The summed E-state index contributed by atoms with van der Waals surface area (Å²) in [6.45, 7) is 2.16. The molecule has 0 unspecified atom stereocenters. The number of aliphatic hydroxyl groups excluding tert-OH is 2. The smallest absolute Gasteiger partial charge is 0.405 e. The third-order valence-corrected chi connectivity index (χ3v) is 10.6. The molecule has 19 heteroatoms. The largest absolute Gasteiger partial charge is 0.507 e. The number of oxazole rings is 1. The highest BCUT2D eigenvalue weighted by Crippen LogP contribution is 2.34. The summed E-state index contributed by atoms with van der Waals surface area (Å²) in [6.07, 6.45) is -1.57. The predicted octanol–water partition coefficient (Wildman–Crippen LogP) is 4.74. The van der Waals surface area contributed by atoms with Crippen LogP contribution in [0.2, 0.25) is 0 Å². The number of ether oxygens (including phenoxy) is 2. The lowest BCUT2D eigenvalue weighted by molar-refractivity contribution is -0.144. The highest BCUT2D eigenvalue weighted by molar-refractivity contribution is 5.90. The van der Waals surface area contributed by atoms with E-state index < -0.39 is 48.1 Å². The first-order chi connectivity index (χ1) is 29.2. The Bertz CT molecular complexity index is 2350. The van der Waals surface area contributed by atoms with Gasteiger partial charge in [-0.2, -0.15) is 13.2 Å². The van der Waals surface area contributed by atoms with Crippen molar-refractivity contribution in [1.29, 1.82) is 0 Å². The maximum Gasteiger partial charge on any atom is 0.405 e. The quantitative estimate of drug-likeness (QED) is 0.113. The second kappa shape index (κ2) is 18.1. The molecule has 1 saturated heterocycles. The van der Waals surface area contributed by atoms with E-state index in [2.05, 4.69) is 25.5 Å². The maximum absolute atomic E-state index is 14.1. The first-order valence-electron chi connectivity index (χ1n) is 19.5. The van der Waals surface area contributed by atoms with Crippen molar-refractivity contribution in [2.45, 2.75) is 50.6 Å². The molecule has 2 aliphatic heterocycles. The average molecular weight is 847 g/mol. The lowest BCUT2D eigenvalue weighted by Gasteiger charge is -2.46. The minimum atomic E-state index is -4.67. The van der Waals surface area contributed by atoms with Crippen molar-refractivity contribution in [3.8, 4) is 34.3 Å². The van der Waals surface area contributed by atoms with Gasteiger partial charge in [-0.05, 0) is 50.6 Å². The number of methoxy groups -OCH3 is 1. The number of aliphatic hydroxyl groups is 2. The number of rotatable bonds is 15. The van der Waals surface area contributed by atoms with Crippen LogP contribution in [-0.2, 0) is 21.5 Å². The Balaban J connectivity index is 1.10. The van der Waals surface area contributed by atoms with Crippen LogP contribution in [0.3, 0.4) is 0 Å². The van der Waals surface area contributed by atoms with Crippen LogP contribution >= 0.6 is 0 Å². The van der Waals surface area contributed by atoms with E-state index in [1.54, 1.807) is 71.9 Å². The second-order valence-electron chi connectivity index (χ2n) is 15.2. The summed E-state index contributed by atoms with van der Waals surface area (Å²) in [6, 6.07) is 16.5. The summed E-state index contributed by atoms with van der Waals surface area (Å²) in [5.74, 6) is -0.700. The van der Waals surface area contributed by atoms with Crippen molar-refractivity contribution in [3.63, 3.8) is 0 Å². The van der Waals surface area contributed by atoms with Crippen LogP contribution in [0.1, 0.15) is 37.6 Å². The number of fused-ring (bicyclic) bond motifs is 1. The molecule has 3 atom stereocenters. The van der Waals surface area contributed by atoms with Crippen LogP contribution in [0.4, 0.5) is 13.2 Å². The standard InChI is InChI=1S/C42H45F3N8O8/c1-41(2,40-47-20-34(60-40)27-16-29(58-3)19-46-18-27)53-14-13-52(31(22-53)38(57)48-24-42(43,44)45)21-28(54)15-26(17-35-50-51-39(61-35)25-9-5-4-6-10-25)37(56)49-36-30-11-7-8-12-33(30)59-23-32(36)55/h4-12,16,18-20,26,28,31,54-55H,13-15,17,21-24H2,1-3H3,(H,48,57)(H,49,56)/t26-,28-,31-/m0/s1. The number of alkyl halides is 3. The summed E-state index contributed by atoms with van der Waals surface area (Å²) in [5.41, 5.74) is 0.930. The Hall–Kier alpha value is -6.31. The van der Waals surface area contributed by atoms with Crippen molar-refractivity contribution in [2.24, 2.45) is 5.92 Å². The van der Waals surface area contributed by atoms with Crippen molar-refractivity contribution in [1.82, 2.24) is 40.6 Å². The predicted molar refractivity (Wildman–Crippen MR) is 212 cm³/mol. The third kappa shape index (κ3) is 10.2. The number of hydrogen-bond donors (Lipinski definition) is 4. The third-order valence-electron chi connectivity index (χ3n) is 10.6. The Morgan fingerprint density at radius 3 is 2.54 bits per heavy atom. The van der Waals surface area contributed by atoms with E-state index in [0.717, 1.165) is 0 Å². The topological polar surface area (TPSA) is 201 Å². The number of nitrogens with zero attached hydrogens (tertiary/aromatic N) is 6. The van der Waals surface area contributed by atoms with Gasteiger partial charge in [0.2, 0.25) is 29.5 Å². The van der Waals surface area contributed by atoms with Crippen molar-refractivity contribution >= 4 is 17.5 Å². The van der Waals surface area contributed by atoms with E-state index in [4.69, 9.17) is 18.3 Å². The summed E-state index contributed by atoms with van der Waals surface area (Å²) in [5, 5.41) is 35.5. The van der Waals surface area contributed by atoms with Gasteiger partial charge in [-0.3, -0.25) is 24.4 Å². The van der Waals surface area contributed by atoms with E-state index in [1.165, 1.54) is 13.3 Å². The van der Waals surface area contributed by atoms with Crippen molar-refractivity contribution < 1.29 is 51.3 Å². The minimum Gasteiger partial charge on any atom is -0.507 e. The molecule has 0 bridgehead atoms. The first kappa shape index (κ1) is 42.8. The fourth-order valence-electron chi connectivity index (χ4n) is 7.33. The molecule has 2 amide bonds. The molecule has 0 radical (unpaired) electrons. The van der Waals surface area contributed by atoms with E-state index >= 15 is 0 Å². The number of nitrogens with one attached hydrogen (secondary N) is 2. The molecule has 5 aromatic rings. The van der Waals surface area contributed by atoms with Crippen LogP contribution in [0.25, 0.3) is 28.5 Å². The van der Waals surface area contributed by atoms with E-state index in [1.807, 2.05) is 30.1 Å². The molecule has 322 valence electrons. The second-order valence-corrected chi connectivity index (χ2v) is 15.2. The van der Waals surface area contributed by atoms with E-state index in [9.17, 15) is 33.0 Å². The van der Waals surface area contributed by atoms with Gasteiger partial charge in [-0.25, -0.2) is 4.98 Å². The van der Waals surface area contributed by atoms with Crippen LogP contribution < -0.4 is 20.1 Å². The van der Waals surface area contributed by atoms with Crippen LogP contribution in [0, 0.1) is 5.92 Å². The van der Waals surface area contributed by atoms with Gasteiger partial charge in [0.1, 0.15) is 30.7 Å². The van der Waals surface area contributed by atoms with Gasteiger partial charge in [0.25, 0.3) is 0 Å². The molecule has 16 nitrogen and oxygen atoms in total. The van der Waals surface area contributed by atoms with Crippen LogP contribution in [0.5, 0.6) is 11.5 Å². The Labute approximate surface area is 348 Å². The molecule has 61 heavy (non-hydrogen) atoms. The SMILES string of the molecule is COc1cncc(-c2cnc(C(C)(C)N3CCN(C[C@@H](O)C[C@@H](Cc4nnc(-c5ccccc5)o4)C(=O)NC4=C(O)COc5ccccc54)[C@H](C(=O)NCC(F)(F)F)C3)o2)c1.